The lowest BCUT2D eigenvalue weighted by molar-refractivity contribution is -0.185. The van der Waals surface area contributed by atoms with Gasteiger partial charge in [0.15, 0.2) is 18.4 Å². The molecule has 2 aliphatic heterocycles. The van der Waals surface area contributed by atoms with Crippen molar-refractivity contribution in [2.24, 2.45) is 11.8 Å². The summed E-state index contributed by atoms with van der Waals surface area (Å²) in [6.45, 7) is 0.419. The van der Waals surface area contributed by atoms with E-state index in [4.69, 9.17) is 28.4 Å². The molecule has 0 aromatic rings. The van der Waals surface area contributed by atoms with Gasteiger partial charge in [0, 0.05) is 53.1 Å². The van der Waals surface area contributed by atoms with Gasteiger partial charge in [-0.25, -0.2) is 0 Å². The summed E-state index contributed by atoms with van der Waals surface area (Å²) in [6.07, 6.45) is -0.660. The molecule has 0 aromatic carbocycles. The molecule has 4 atom stereocenters. The molecule has 2 heterocycles. The fourth-order valence-electron chi connectivity index (χ4n) is 3.05. The van der Waals surface area contributed by atoms with E-state index in [1.54, 1.807) is 28.4 Å². The molecule has 0 saturated carbocycles. The van der Waals surface area contributed by atoms with Gasteiger partial charge in [0.2, 0.25) is 6.29 Å². The summed E-state index contributed by atoms with van der Waals surface area (Å²) in [5.41, 5.74) is 0. The second kappa shape index (κ2) is 7.62. The fraction of sp³-hybridized carbons (Fsp3) is 0.929. The minimum Gasteiger partial charge on any atom is -0.356 e. The molecule has 0 aromatic heterocycles. The van der Waals surface area contributed by atoms with Gasteiger partial charge in [-0.05, 0) is 0 Å². The highest BCUT2D eigenvalue weighted by atomic mass is 16.7. The third kappa shape index (κ3) is 3.61. The third-order valence-electron chi connectivity index (χ3n) is 4.26. The van der Waals surface area contributed by atoms with Crippen LogP contribution in [0.25, 0.3) is 0 Å². The normalized spacial score (nSPS) is 32.4. The summed E-state index contributed by atoms with van der Waals surface area (Å²) in [5.74, 6) is -0.360. The van der Waals surface area contributed by atoms with Crippen molar-refractivity contribution in [3.63, 3.8) is 0 Å². The Morgan fingerprint density at radius 1 is 1.05 bits per heavy atom. The third-order valence-corrected chi connectivity index (χ3v) is 4.26. The number of methoxy groups -OCH3 is 4. The molecule has 2 aliphatic rings. The molecular weight excluding hydrogens is 280 g/mol. The van der Waals surface area contributed by atoms with E-state index in [-0.39, 0.29) is 30.0 Å². The van der Waals surface area contributed by atoms with Crippen LogP contribution in [0.3, 0.4) is 0 Å². The summed E-state index contributed by atoms with van der Waals surface area (Å²) in [7, 11) is 6.28. The molecule has 0 radical (unpaired) electrons. The number of rotatable bonds is 8. The number of carbonyl (C=O) groups excluding carboxylic acids is 1. The smallest absolute Gasteiger partial charge is 0.218 e. The van der Waals surface area contributed by atoms with Gasteiger partial charge in [0.05, 0.1) is 12.7 Å². The number of Topliss-reactive ketones (excluding diaryl/α,β-unsaturated/α-hetero) is 1. The molecule has 0 aliphatic carbocycles. The highest BCUT2D eigenvalue weighted by molar-refractivity contribution is 5.85. The van der Waals surface area contributed by atoms with Crippen LogP contribution in [0.2, 0.25) is 0 Å². The van der Waals surface area contributed by atoms with Crippen molar-refractivity contribution in [3.05, 3.63) is 0 Å². The summed E-state index contributed by atoms with van der Waals surface area (Å²) in [6, 6.07) is 0. The Morgan fingerprint density at radius 2 is 1.62 bits per heavy atom. The van der Waals surface area contributed by atoms with Crippen molar-refractivity contribution in [1.82, 2.24) is 0 Å². The van der Waals surface area contributed by atoms with Gasteiger partial charge in [0.25, 0.3) is 0 Å². The Labute approximate surface area is 124 Å². The van der Waals surface area contributed by atoms with E-state index in [9.17, 15) is 4.79 Å². The van der Waals surface area contributed by atoms with Crippen LogP contribution in [0.4, 0.5) is 0 Å². The van der Waals surface area contributed by atoms with Crippen molar-refractivity contribution in [2.45, 2.75) is 37.8 Å². The van der Waals surface area contributed by atoms with Crippen molar-refractivity contribution < 1.29 is 33.2 Å². The van der Waals surface area contributed by atoms with Crippen molar-refractivity contribution in [2.75, 3.05) is 35.0 Å². The van der Waals surface area contributed by atoms with Crippen LogP contribution in [-0.2, 0) is 33.2 Å². The number of ketones is 1. The van der Waals surface area contributed by atoms with Crippen LogP contribution in [0, 0.1) is 11.8 Å². The monoisotopic (exact) mass is 304 g/mol. The predicted octanol–water partition coefficient (Wildman–Crippen LogP) is 0.561. The standard InChI is InChI=1S/C14H24O7/c1-16-11(17-2)5-8-9(6-12(18-3)19-4)13(15)14-20-7-10(8)21-14/h8-12,14H,5-7H2,1-4H3/t8-,9+,10+,14+/m0/s1. The minimum absolute atomic E-state index is 0.0473. The first kappa shape index (κ1) is 16.8. The molecule has 122 valence electrons. The summed E-state index contributed by atoms with van der Waals surface area (Å²) in [4.78, 5) is 12.5. The predicted molar refractivity (Wildman–Crippen MR) is 71.4 cm³/mol. The fourth-order valence-corrected chi connectivity index (χ4v) is 3.05. The molecule has 0 unspecified atom stereocenters. The maximum absolute atomic E-state index is 12.5. The van der Waals surface area contributed by atoms with Gasteiger partial charge >= 0.3 is 0 Å². The maximum Gasteiger partial charge on any atom is 0.218 e. The lowest BCUT2D eigenvalue weighted by Crippen LogP contribution is -2.46. The van der Waals surface area contributed by atoms with Crippen LogP contribution >= 0.6 is 0 Å². The van der Waals surface area contributed by atoms with E-state index < -0.39 is 12.6 Å². The Kier molecular flexibility index (Phi) is 6.09. The zero-order valence-electron chi connectivity index (χ0n) is 12.9. The summed E-state index contributed by atoms with van der Waals surface area (Å²) < 4.78 is 32.0. The number of fused-ring (bicyclic) bond motifs is 2. The second-order valence-corrected chi connectivity index (χ2v) is 5.29. The van der Waals surface area contributed by atoms with Crippen LogP contribution in [0.1, 0.15) is 12.8 Å². The van der Waals surface area contributed by atoms with Crippen molar-refractivity contribution >= 4 is 5.78 Å². The molecule has 21 heavy (non-hydrogen) atoms. The summed E-state index contributed by atoms with van der Waals surface area (Å²) >= 11 is 0. The zero-order valence-corrected chi connectivity index (χ0v) is 12.9. The molecule has 2 saturated heterocycles. The number of hydrogen-bond acceptors (Lipinski definition) is 7. The average Bonchev–Trinajstić information content (AvgIpc) is 2.95. The van der Waals surface area contributed by atoms with Crippen LogP contribution in [0.15, 0.2) is 0 Å². The molecule has 2 rings (SSSR count). The molecule has 2 bridgehead atoms. The lowest BCUT2D eigenvalue weighted by Gasteiger charge is -2.36. The Balaban J connectivity index is 2.12. The first-order valence-electron chi connectivity index (χ1n) is 7.06. The average molecular weight is 304 g/mol. The molecule has 7 nitrogen and oxygen atoms in total. The van der Waals surface area contributed by atoms with E-state index in [0.29, 0.717) is 19.4 Å². The molecule has 0 amide bonds. The molecule has 7 heteroatoms. The van der Waals surface area contributed by atoms with Crippen LogP contribution < -0.4 is 0 Å². The quantitative estimate of drug-likeness (QED) is 0.607. The van der Waals surface area contributed by atoms with Crippen LogP contribution in [0.5, 0.6) is 0 Å². The maximum atomic E-state index is 12.5. The van der Waals surface area contributed by atoms with Crippen LogP contribution in [-0.4, -0.2) is 65.8 Å². The highest BCUT2D eigenvalue weighted by Gasteiger charge is 2.50. The van der Waals surface area contributed by atoms with Crippen molar-refractivity contribution in [3.8, 4) is 0 Å². The summed E-state index contributed by atoms with van der Waals surface area (Å²) in [5, 5.41) is 0. The van der Waals surface area contributed by atoms with Gasteiger partial charge < -0.3 is 28.4 Å². The van der Waals surface area contributed by atoms with Crippen molar-refractivity contribution in [1.29, 1.82) is 0 Å². The van der Waals surface area contributed by atoms with E-state index in [1.807, 2.05) is 0 Å². The Morgan fingerprint density at radius 3 is 2.19 bits per heavy atom. The van der Waals surface area contributed by atoms with Gasteiger partial charge in [-0.1, -0.05) is 0 Å². The Hall–Kier alpha value is -0.570. The molecule has 0 spiro atoms. The number of ether oxygens (including phenoxy) is 6. The van der Waals surface area contributed by atoms with Gasteiger partial charge in [-0.2, -0.15) is 0 Å². The minimum atomic E-state index is -0.755. The number of hydrogen-bond donors (Lipinski definition) is 0. The number of carbonyl (C=O) groups is 1. The van der Waals surface area contributed by atoms with Gasteiger partial charge in [-0.15, -0.1) is 0 Å². The SMILES string of the molecule is COC(C[C@@H]1[C@H]2CO[C@H](O2)C(=O)[C@@H]1CC(OC)OC)OC. The van der Waals surface area contributed by atoms with E-state index >= 15 is 0 Å². The first-order chi connectivity index (χ1) is 10.1. The lowest BCUT2D eigenvalue weighted by atomic mass is 9.78. The van der Waals surface area contributed by atoms with E-state index in [0.717, 1.165) is 0 Å². The van der Waals surface area contributed by atoms with Gasteiger partial charge in [0.1, 0.15) is 0 Å². The van der Waals surface area contributed by atoms with E-state index in [1.165, 1.54) is 0 Å². The highest BCUT2D eigenvalue weighted by Crippen LogP contribution is 2.39. The Bertz CT molecular complexity index is 340. The molecule has 2 fully saturated rings. The first-order valence-corrected chi connectivity index (χ1v) is 7.06. The second-order valence-electron chi connectivity index (χ2n) is 5.29. The molecular formula is C14H24O7. The van der Waals surface area contributed by atoms with Gasteiger partial charge in [-0.3, -0.25) is 4.79 Å². The zero-order chi connectivity index (χ0) is 15.4. The van der Waals surface area contributed by atoms with E-state index in [2.05, 4.69) is 0 Å². The topological polar surface area (TPSA) is 72.5 Å². The largest absolute Gasteiger partial charge is 0.356 e. The molecule has 0 N–H and O–H groups in total.